The minimum atomic E-state index is -0.515. The van der Waals surface area contributed by atoms with E-state index >= 15 is 0 Å². The van der Waals surface area contributed by atoms with Crippen LogP contribution < -0.4 is 14.8 Å². The van der Waals surface area contributed by atoms with Crippen LogP contribution in [0.3, 0.4) is 0 Å². The Morgan fingerprint density at radius 1 is 1.09 bits per heavy atom. The second-order valence-electron chi connectivity index (χ2n) is 8.66. The quantitative estimate of drug-likeness (QED) is 0.373. The highest BCUT2D eigenvalue weighted by atomic mass is 32.1. The summed E-state index contributed by atoms with van der Waals surface area (Å²) in [5.41, 5.74) is 0.0424. The fourth-order valence-corrected chi connectivity index (χ4v) is 4.23. The van der Waals surface area contributed by atoms with Gasteiger partial charge in [-0.25, -0.2) is 0 Å². The molecule has 0 atom stereocenters. The summed E-state index contributed by atoms with van der Waals surface area (Å²) in [6.45, 7) is 5.49. The molecule has 0 bridgehead atoms. The molecule has 0 saturated heterocycles. The molecular weight excluding hydrogens is 454 g/mol. The maximum atomic E-state index is 12.5. The Labute approximate surface area is 200 Å². The van der Waals surface area contributed by atoms with E-state index in [1.54, 1.807) is 18.2 Å². The van der Waals surface area contributed by atoms with Gasteiger partial charge in [0, 0.05) is 15.5 Å². The third-order valence-corrected chi connectivity index (χ3v) is 6.24. The standard InChI is InChI=1S/C25H25N3O5S/c1-25(2,3)19(29)14-32-22-15-9-5-8-12-18(15)34-23(22)24-27-20(28-33-24)13-21(30)26-16-10-6-7-11-17(16)31-4/h5-12H,13-14H2,1-4H3,(H,26,30). The second kappa shape index (κ2) is 9.64. The van der Waals surface area contributed by atoms with E-state index in [0.29, 0.717) is 22.1 Å². The van der Waals surface area contributed by atoms with Crippen molar-refractivity contribution in [1.82, 2.24) is 10.1 Å². The number of carbonyl (C=O) groups is 2. The summed E-state index contributed by atoms with van der Waals surface area (Å²) in [5.74, 6) is 1.22. The maximum Gasteiger partial charge on any atom is 0.271 e. The van der Waals surface area contributed by atoms with E-state index < -0.39 is 5.41 Å². The summed E-state index contributed by atoms with van der Waals surface area (Å²) in [6.07, 6.45) is -0.0782. The van der Waals surface area contributed by atoms with Crippen molar-refractivity contribution in [2.24, 2.45) is 5.41 Å². The molecule has 0 aliphatic carbocycles. The number of carbonyl (C=O) groups excluding carboxylic acids is 2. The van der Waals surface area contributed by atoms with E-state index in [0.717, 1.165) is 10.1 Å². The minimum absolute atomic E-state index is 0.0204. The van der Waals surface area contributed by atoms with E-state index in [1.807, 2.05) is 51.1 Å². The van der Waals surface area contributed by atoms with Crippen molar-refractivity contribution in [2.75, 3.05) is 19.0 Å². The molecular formula is C25H25N3O5S. The first kappa shape index (κ1) is 23.4. The zero-order chi connectivity index (χ0) is 24.3. The number of hydrogen-bond donors (Lipinski definition) is 1. The monoisotopic (exact) mass is 479 g/mol. The number of anilines is 1. The Kier molecular flexibility index (Phi) is 6.65. The largest absolute Gasteiger partial charge is 0.495 e. The Morgan fingerprint density at radius 3 is 2.59 bits per heavy atom. The lowest BCUT2D eigenvalue weighted by Crippen LogP contribution is -2.26. The van der Waals surface area contributed by atoms with Crippen LogP contribution in [0.15, 0.2) is 53.1 Å². The molecule has 34 heavy (non-hydrogen) atoms. The summed E-state index contributed by atoms with van der Waals surface area (Å²) in [6, 6.07) is 14.8. The van der Waals surface area contributed by atoms with Gasteiger partial charge in [-0.15, -0.1) is 11.3 Å². The number of methoxy groups -OCH3 is 1. The van der Waals surface area contributed by atoms with Crippen molar-refractivity contribution in [3.8, 4) is 22.3 Å². The summed E-state index contributed by atoms with van der Waals surface area (Å²) in [7, 11) is 1.54. The first-order chi connectivity index (χ1) is 16.3. The summed E-state index contributed by atoms with van der Waals surface area (Å²) in [4.78, 5) is 30.0. The molecule has 0 aliphatic heterocycles. The number of thiophene rings is 1. The topological polar surface area (TPSA) is 104 Å². The molecule has 1 amide bonds. The van der Waals surface area contributed by atoms with Gasteiger partial charge in [0.1, 0.15) is 17.2 Å². The number of Topliss-reactive ketones (excluding diaryl/α,β-unsaturated/α-hetero) is 1. The van der Waals surface area contributed by atoms with E-state index in [1.165, 1.54) is 18.4 Å². The van der Waals surface area contributed by atoms with Crippen LogP contribution >= 0.6 is 11.3 Å². The zero-order valence-corrected chi connectivity index (χ0v) is 20.2. The first-order valence-electron chi connectivity index (χ1n) is 10.7. The van der Waals surface area contributed by atoms with Crippen LogP contribution in [0.5, 0.6) is 11.5 Å². The Morgan fingerprint density at radius 2 is 1.82 bits per heavy atom. The average Bonchev–Trinajstić information content (AvgIpc) is 3.41. The summed E-state index contributed by atoms with van der Waals surface area (Å²) in [5, 5.41) is 7.62. The molecule has 0 radical (unpaired) electrons. The van der Waals surface area contributed by atoms with Gasteiger partial charge in [-0.2, -0.15) is 4.98 Å². The van der Waals surface area contributed by atoms with Crippen LogP contribution in [0.4, 0.5) is 5.69 Å². The molecule has 1 N–H and O–H groups in total. The zero-order valence-electron chi connectivity index (χ0n) is 19.4. The van der Waals surface area contributed by atoms with Gasteiger partial charge in [0.25, 0.3) is 5.89 Å². The number of amides is 1. The van der Waals surface area contributed by atoms with Gasteiger partial charge in [-0.1, -0.05) is 50.2 Å². The fraction of sp³-hybridized carbons (Fsp3) is 0.280. The Bertz CT molecular complexity index is 1340. The van der Waals surface area contributed by atoms with Gasteiger partial charge in [-0.3, -0.25) is 9.59 Å². The van der Waals surface area contributed by atoms with E-state index in [-0.39, 0.29) is 36.4 Å². The van der Waals surface area contributed by atoms with Crippen LogP contribution in [-0.4, -0.2) is 35.5 Å². The number of hydrogen-bond acceptors (Lipinski definition) is 8. The third-order valence-electron chi connectivity index (χ3n) is 5.10. The van der Waals surface area contributed by atoms with Gasteiger partial charge in [0.05, 0.1) is 19.2 Å². The molecule has 9 heteroatoms. The lowest BCUT2D eigenvalue weighted by atomic mass is 9.91. The van der Waals surface area contributed by atoms with Gasteiger partial charge >= 0.3 is 0 Å². The summed E-state index contributed by atoms with van der Waals surface area (Å²) < 4.78 is 17.7. The van der Waals surface area contributed by atoms with Gasteiger partial charge < -0.3 is 19.3 Å². The minimum Gasteiger partial charge on any atom is -0.495 e. The Hall–Kier alpha value is -3.72. The van der Waals surface area contributed by atoms with Gasteiger partial charge in [-0.05, 0) is 24.3 Å². The highest BCUT2D eigenvalue weighted by Crippen LogP contribution is 2.44. The smallest absolute Gasteiger partial charge is 0.271 e. The number of ketones is 1. The molecule has 2 heterocycles. The molecule has 2 aromatic heterocycles. The normalized spacial score (nSPS) is 11.4. The molecule has 8 nitrogen and oxygen atoms in total. The van der Waals surface area contributed by atoms with Crippen molar-refractivity contribution in [3.63, 3.8) is 0 Å². The number of aromatic nitrogens is 2. The molecule has 0 spiro atoms. The van der Waals surface area contributed by atoms with Crippen LogP contribution in [0.25, 0.3) is 20.9 Å². The predicted octanol–water partition coefficient (Wildman–Crippen LogP) is 5.14. The lowest BCUT2D eigenvalue weighted by molar-refractivity contribution is -0.128. The van der Waals surface area contributed by atoms with Crippen LogP contribution in [0.2, 0.25) is 0 Å². The van der Waals surface area contributed by atoms with E-state index in [2.05, 4.69) is 15.5 Å². The van der Waals surface area contributed by atoms with E-state index in [9.17, 15) is 9.59 Å². The molecule has 4 aromatic rings. The van der Waals surface area contributed by atoms with Crippen molar-refractivity contribution in [3.05, 3.63) is 54.4 Å². The van der Waals surface area contributed by atoms with Crippen LogP contribution in [0, 0.1) is 5.41 Å². The first-order valence-corrected chi connectivity index (χ1v) is 11.5. The molecule has 0 fully saturated rings. The molecule has 4 rings (SSSR count). The van der Waals surface area contributed by atoms with Crippen molar-refractivity contribution in [1.29, 1.82) is 0 Å². The number of para-hydroxylation sites is 2. The number of fused-ring (bicyclic) bond motifs is 1. The lowest BCUT2D eigenvalue weighted by Gasteiger charge is -2.16. The molecule has 176 valence electrons. The second-order valence-corrected chi connectivity index (χ2v) is 9.71. The number of rotatable bonds is 8. The average molecular weight is 480 g/mol. The number of nitrogens with zero attached hydrogens (tertiary/aromatic N) is 2. The maximum absolute atomic E-state index is 12.5. The number of benzene rings is 2. The van der Waals surface area contributed by atoms with Crippen LogP contribution in [0.1, 0.15) is 26.6 Å². The highest BCUT2D eigenvalue weighted by molar-refractivity contribution is 7.22. The fourth-order valence-electron chi connectivity index (χ4n) is 3.16. The predicted molar refractivity (Wildman–Crippen MR) is 130 cm³/mol. The molecule has 2 aromatic carbocycles. The van der Waals surface area contributed by atoms with Crippen molar-refractivity contribution >= 4 is 38.8 Å². The Balaban J connectivity index is 1.55. The van der Waals surface area contributed by atoms with Crippen molar-refractivity contribution in [2.45, 2.75) is 27.2 Å². The SMILES string of the molecule is COc1ccccc1NC(=O)Cc1noc(-c2sc3ccccc3c2OCC(=O)C(C)(C)C)n1. The van der Waals surface area contributed by atoms with Crippen molar-refractivity contribution < 1.29 is 23.6 Å². The van der Waals surface area contributed by atoms with Crippen LogP contribution in [-0.2, 0) is 16.0 Å². The molecule has 0 saturated carbocycles. The number of ether oxygens (including phenoxy) is 2. The number of nitrogens with one attached hydrogen (secondary N) is 1. The van der Waals surface area contributed by atoms with Gasteiger partial charge in [0.15, 0.2) is 17.4 Å². The van der Waals surface area contributed by atoms with Gasteiger partial charge in [0.2, 0.25) is 5.91 Å². The third kappa shape index (κ3) is 5.09. The molecule has 0 aliphatic rings. The summed E-state index contributed by atoms with van der Waals surface area (Å²) >= 11 is 1.43. The van der Waals surface area contributed by atoms with E-state index in [4.69, 9.17) is 14.0 Å². The highest BCUT2D eigenvalue weighted by Gasteiger charge is 2.25. The molecule has 0 unspecified atom stereocenters.